The van der Waals surface area contributed by atoms with Gasteiger partial charge < -0.3 is 5.73 Å². The number of halogens is 2. The molecule has 3 nitrogen and oxygen atoms in total. The number of rotatable bonds is 1. The monoisotopic (exact) mass is 331 g/mol. The number of hydrogen-bond donors (Lipinski definition) is 1. The molecule has 0 fully saturated rings. The molecule has 5 heteroatoms. The highest BCUT2D eigenvalue weighted by atomic mass is 127. The topological polar surface area (TPSA) is 51.8 Å². The summed E-state index contributed by atoms with van der Waals surface area (Å²) in [5.41, 5.74) is 7.63. The van der Waals surface area contributed by atoms with Crippen molar-refractivity contribution < 1.29 is 0 Å². The highest BCUT2D eigenvalue weighted by molar-refractivity contribution is 14.1. The Morgan fingerprint density at radius 3 is 2.40 bits per heavy atom. The largest absolute Gasteiger partial charge is 0.383 e. The highest BCUT2D eigenvalue weighted by Crippen LogP contribution is 2.28. The molecule has 1 heterocycles. The molecular weight excluding hydrogens is 324 g/mol. The lowest BCUT2D eigenvalue weighted by Crippen LogP contribution is -1.98. The van der Waals surface area contributed by atoms with Crippen LogP contribution in [0.2, 0.25) is 5.02 Å². The van der Waals surface area contributed by atoms with E-state index in [1.807, 2.05) is 24.3 Å². The molecule has 0 saturated carbocycles. The van der Waals surface area contributed by atoms with Gasteiger partial charge in [0.05, 0.1) is 5.56 Å². The van der Waals surface area contributed by atoms with Crippen molar-refractivity contribution in [1.82, 2.24) is 9.97 Å². The summed E-state index contributed by atoms with van der Waals surface area (Å²) in [7, 11) is 0. The number of anilines is 1. The van der Waals surface area contributed by atoms with Crippen LogP contribution in [0, 0.1) is 3.70 Å². The van der Waals surface area contributed by atoms with Crippen molar-refractivity contribution >= 4 is 40.0 Å². The van der Waals surface area contributed by atoms with E-state index >= 15 is 0 Å². The van der Waals surface area contributed by atoms with E-state index in [9.17, 15) is 0 Å². The molecule has 0 amide bonds. The van der Waals surface area contributed by atoms with Crippen LogP contribution in [0.25, 0.3) is 11.1 Å². The minimum Gasteiger partial charge on any atom is -0.383 e. The molecule has 0 radical (unpaired) electrons. The van der Waals surface area contributed by atoms with Gasteiger partial charge in [-0.05, 0) is 40.3 Å². The summed E-state index contributed by atoms with van der Waals surface area (Å²) in [6, 6.07) is 7.44. The highest BCUT2D eigenvalue weighted by Gasteiger charge is 2.08. The third-order valence-electron chi connectivity index (χ3n) is 1.96. The number of nitrogens with two attached hydrogens (primary N) is 1. The Labute approximate surface area is 106 Å². The Morgan fingerprint density at radius 1 is 1.13 bits per heavy atom. The molecule has 0 bridgehead atoms. The molecule has 15 heavy (non-hydrogen) atoms. The van der Waals surface area contributed by atoms with E-state index in [0.717, 1.165) is 14.8 Å². The Hall–Kier alpha value is -0.880. The molecule has 0 aliphatic rings. The summed E-state index contributed by atoms with van der Waals surface area (Å²) in [4.78, 5) is 8.07. The van der Waals surface area contributed by atoms with Crippen LogP contribution in [-0.2, 0) is 0 Å². The van der Waals surface area contributed by atoms with Gasteiger partial charge in [-0.25, -0.2) is 9.97 Å². The maximum absolute atomic E-state index is 5.81. The Kier molecular flexibility index (Phi) is 3.06. The van der Waals surface area contributed by atoms with Gasteiger partial charge in [0.25, 0.3) is 0 Å². The smallest absolute Gasteiger partial charge is 0.135 e. The number of aromatic nitrogens is 2. The normalized spacial score (nSPS) is 10.3. The molecule has 0 spiro atoms. The molecule has 0 aliphatic heterocycles. The minimum absolute atomic E-state index is 0.483. The zero-order chi connectivity index (χ0) is 10.8. The van der Waals surface area contributed by atoms with Crippen molar-refractivity contribution in [2.75, 3.05) is 5.73 Å². The average molecular weight is 332 g/mol. The molecule has 1 aromatic heterocycles. The molecule has 0 aliphatic carbocycles. The first-order valence-corrected chi connectivity index (χ1v) is 5.66. The second kappa shape index (κ2) is 4.32. The van der Waals surface area contributed by atoms with Gasteiger partial charge in [-0.15, -0.1) is 0 Å². The van der Waals surface area contributed by atoms with Gasteiger partial charge in [-0.1, -0.05) is 23.7 Å². The standard InChI is InChI=1S/C10H7ClIN3/c11-7-3-1-6(2-4-7)8-9(12)14-5-15-10(8)13/h1-5H,(H2,13,14,15). The van der Waals surface area contributed by atoms with E-state index in [0.29, 0.717) is 10.8 Å². The summed E-state index contributed by atoms with van der Waals surface area (Å²) >= 11 is 7.95. The van der Waals surface area contributed by atoms with E-state index in [4.69, 9.17) is 17.3 Å². The van der Waals surface area contributed by atoms with E-state index < -0.39 is 0 Å². The van der Waals surface area contributed by atoms with Crippen LogP contribution in [0.5, 0.6) is 0 Å². The number of benzene rings is 1. The van der Waals surface area contributed by atoms with Crippen molar-refractivity contribution in [2.45, 2.75) is 0 Å². The fourth-order valence-corrected chi connectivity index (χ4v) is 2.10. The van der Waals surface area contributed by atoms with Crippen LogP contribution in [0.3, 0.4) is 0 Å². The molecular formula is C10H7ClIN3. The van der Waals surface area contributed by atoms with Crippen LogP contribution in [0.15, 0.2) is 30.6 Å². The number of hydrogen-bond acceptors (Lipinski definition) is 3. The Balaban J connectivity index is 2.58. The first kappa shape index (κ1) is 10.6. The van der Waals surface area contributed by atoms with Crippen molar-refractivity contribution in [1.29, 1.82) is 0 Å². The summed E-state index contributed by atoms with van der Waals surface area (Å²) in [6.07, 6.45) is 1.45. The maximum atomic E-state index is 5.81. The summed E-state index contributed by atoms with van der Waals surface area (Å²) in [6.45, 7) is 0. The van der Waals surface area contributed by atoms with E-state index in [2.05, 4.69) is 32.6 Å². The van der Waals surface area contributed by atoms with Gasteiger partial charge in [0.2, 0.25) is 0 Å². The molecule has 2 aromatic rings. The molecule has 2 N–H and O–H groups in total. The molecule has 1 aromatic carbocycles. The van der Waals surface area contributed by atoms with Crippen molar-refractivity contribution in [3.8, 4) is 11.1 Å². The van der Waals surface area contributed by atoms with Gasteiger partial charge in [-0.2, -0.15) is 0 Å². The zero-order valence-electron chi connectivity index (χ0n) is 7.61. The van der Waals surface area contributed by atoms with Gasteiger partial charge in [-0.3, -0.25) is 0 Å². The van der Waals surface area contributed by atoms with Crippen LogP contribution in [0.1, 0.15) is 0 Å². The molecule has 0 atom stereocenters. The quantitative estimate of drug-likeness (QED) is 0.645. The summed E-state index contributed by atoms with van der Waals surface area (Å²) < 4.78 is 0.836. The fourth-order valence-electron chi connectivity index (χ4n) is 1.26. The molecule has 2 rings (SSSR count). The second-order valence-electron chi connectivity index (χ2n) is 2.93. The molecule has 0 saturated heterocycles. The van der Waals surface area contributed by atoms with E-state index in [-0.39, 0.29) is 0 Å². The fraction of sp³-hybridized carbons (Fsp3) is 0. The molecule has 0 unspecified atom stereocenters. The predicted molar refractivity (Wildman–Crippen MR) is 69.6 cm³/mol. The predicted octanol–water partition coefficient (Wildman–Crippen LogP) is 2.98. The Bertz CT molecular complexity index is 464. The lowest BCUT2D eigenvalue weighted by Gasteiger charge is -2.06. The summed E-state index contributed by atoms with van der Waals surface area (Å²) in [5, 5.41) is 0.698. The first-order valence-electron chi connectivity index (χ1n) is 4.20. The maximum Gasteiger partial charge on any atom is 0.135 e. The number of nitrogens with zero attached hydrogens (tertiary/aromatic N) is 2. The van der Waals surface area contributed by atoms with Crippen LogP contribution >= 0.6 is 34.2 Å². The SMILES string of the molecule is Nc1ncnc(I)c1-c1ccc(Cl)cc1. The van der Waals surface area contributed by atoms with Gasteiger partial charge in [0.15, 0.2) is 0 Å². The van der Waals surface area contributed by atoms with Crippen LogP contribution in [-0.4, -0.2) is 9.97 Å². The Morgan fingerprint density at radius 2 is 1.80 bits per heavy atom. The van der Waals surface area contributed by atoms with Crippen molar-refractivity contribution in [3.63, 3.8) is 0 Å². The van der Waals surface area contributed by atoms with E-state index in [1.165, 1.54) is 6.33 Å². The molecule has 76 valence electrons. The van der Waals surface area contributed by atoms with Crippen LogP contribution < -0.4 is 5.73 Å². The second-order valence-corrected chi connectivity index (χ2v) is 4.39. The lowest BCUT2D eigenvalue weighted by molar-refractivity contribution is 1.15. The van der Waals surface area contributed by atoms with Crippen LogP contribution in [0.4, 0.5) is 5.82 Å². The third-order valence-corrected chi connectivity index (χ3v) is 3.03. The average Bonchev–Trinajstić information content (AvgIpc) is 2.20. The number of nitrogen functional groups attached to an aromatic ring is 1. The van der Waals surface area contributed by atoms with Crippen molar-refractivity contribution in [3.05, 3.63) is 39.3 Å². The summed E-state index contributed by atoms with van der Waals surface area (Å²) in [5.74, 6) is 0.483. The first-order chi connectivity index (χ1) is 7.18. The van der Waals surface area contributed by atoms with Crippen molar-refractivity contribution in [2.24, 2.45) is 0 Å². The third kappa shape index (κ3) is 2.21. The zero-order valence-corrected chi connectivity index (χ0v) is 10.5. The van der Waals surface area contributed by atoms with E-state index in [1.54, 1.807) is 0 Å². The minimum atomic E-state index is 0.483. The van der Waals surface area contributed by atoms with Gasteiger partial charge in [0.1, 0.15) is 15.8 Å². The van der Waals surface area contributed by atoms with Gasteiger partial charge in [0, 0.05) is 5.02 Å². The lowest BCUT2D eigenvalue weighted by atomic mass is 10.1. The van der Waals surface area contributed by atoms with Gasteiger partial charge >= 0.3 is 0 Å².